The van der Waals surface area contributed by atoms with Crippen molar-refractivity contribution in [3.63, 3.8) is 0 Å². The minimum absolute atomic E-state index is 0.0171. The molecule has 7 rings (SSSR count). The fraction of sp³-hybridized carbons (Fsp3) is 0.525. The average Bonchev–Trinajstić information content (AvgIpc) is 3.47. The molecule has 2 unspecified atom stereocenters. The standard InChI is InChI=1S/C40H46F3N5O4/c1-5-28-31(42)10-9-26-18-27(49)19-29(33(26)28)35-34(43)36-30(20-44-35)37(48-16-17-51-22-39(4,50)21-48)46-38(45-36)52-23-40-12-6-8-32(40)47(14-7-13-40)15-11-24(2)25(3)41/h1,9-10,18-20,24-25,32,49-50H,6-8,11-17,21-23H2,2-4H3/t24-,25?,32?,39+,40-/m1/s1. The van der Waals surface area contributed by atoms with Crippen LogP contribution >= 0.6 is 0 Å². The van der Waals surface area contributed by atoms with Crippen LogP contribution in [0.2, 0.25) is 0 Å². The van der Waals surface area contributed by atoms with E-state index in [0.717, 1.165) is 51.6 Å². The van der Waals surface area contributed by atoms with Gasteiger partial charge < -0.3 is 24.6 Å². The van der Waals surface area contributed by atoms with E-state index < -0.39 is 23.4 Å². The number of terminal acetylenes is 1. The lowest BCUT2D eigenvalue weighted by Gasteiger charge is -2.46. The largest absolute Gasteiger partial charge is 0.508 e. The second kappa shape index (κ2) is 14.3. The number of alkyl halides is 1. The number of fused-ring (bicyclic) bond motifs is 3. The summed E-state index contributed by atoms with van der Waals surface area (Å²) in [7, 11) is 0. The Morgan fingerprint density at radius 1 is 1.15 bits per heavy atom. The zero-order valence-electron chi connectivity index (χ0n) is 30.0. The van der Waals surface area contributed by atoms with Crippen LogP contribution in [-0.4, -0.2) is 93.9 Å². The van der Waals surface area contributed by atoms with Crippen molar-refractivity contribution in [2.24, 2.45) is 11.3 Å². The molecule has 2 aromatic carbocycles. The first kappa shape index (κ1) is 36.2. The van der Waals surface area contributed by atoms with Crippen molar-refractivity contribution in [2.75, 3.05) is 50.9 Å². The molecule has 0 bridgehead atoms. The van der Waals surface area contributed by atoms with Gasteiger partial charge in [0.2, 0.25) is 0 Å². The number of ether oxygens (including phenoxy) is 2. The van der Waals surface area contributed by atoms with Crippen LogP contribution in [0.25, 0.3) is 32.9 Å². The van der Waals surface area contributed by atoms with Gasteiger partial charge in [0.25, 0.3) is 0 Å². The monoisotopic (exact) mass is 717 g/mol. The van der Waals surface area contributed by atoms with E-state index >= 15 is 4.39 Å². The number of aromatic hydroxyl groups is 1. The van der Waals surface area contributed by atoms with Crippen molar-refractivity contribution >= 4 is 27.5 Å². The number of hydrogen-bond acceptors (Lipinski definition) is 9. The van der Waals surface area contributed by atoms with Gasteiger partial charge in [0.1, 0.15) is 34.2 Å². The molecule has 12 heteroatoms. The van der Waals surface area contributed by atoms with E-state index in [1.165, 1.54) is 30.5 Å². The third kappa shape index (κ3) is 6.86. The number of halogens is 3. The van der Waals surface area contributed by atoms with Gasteiger partial charge >= 0.3 is 6.01 Å². The summed E-state index contributed by atoms with van der Waals surface area (Å²) in [6.45, 7) is 8.31. The third-order valence-corrected chi connectivity index (χ3v) is 11.4. The Morgan fingerprint density at radius 2 is 1.96 bits per heavy atom. The number of benzene rings is 2. The average molecular weight is 718 g/mol. The number of nitrogens with zero attached hydrogens (tertiary/aromatic N) is 5. The van der Waals surface area contributed by atoms with Gasteiger partial charge in [-0.25, -0.2) is 13.2 Å². The Morgan fingerprint density at radius 3 is 2.75 bits per heavy atom. The SMILES string of the molecule is C#Cc1c(F)ccc2cc(O)cc(-c3ncc4c(N5CCOC[C@@](C)(O)C5)nc(OC[C@]56CCCC5N(CC[C@@H](C)C(C)F)CCC6)nc4c3F)c12. The van der Waals surface area contributed by atoms with Gasteiger partial charge in [-0.1, -0.05) is 25.3 Å². The number of hydrogen-bond donors (Lipinski definition) is 2. The van der Waals surface area contributed by atoms with E-state index in [4.69, 9.17) is 20.9 Å². The third-order valence-electron chi connectivity index (χ3n) is 11.4. The smallest absolute Gasteiger partial charge is 0.319 e. The number of aromatic nitrogens is 3. The van der Waals surface area contributed by atoms with Crippen LogP contribution < -0.4 is 9.64 Å². The molecular formula is C40H46F3N5O4. The number of phenolic OH excluding ortho intramolecular Hbond substituents is 1. The number of β-amino-alcohol motifs (C(OH)–C–C–N with tert-alkyl or cyclic N) is 1. The van der Waals surface area contributed by atoms with Crippen molar-refractivity contribution in [3.05, 3.63) is 47.7 Å². The molecule has 4 aromatic rings. The molecule has 52 heavy (non-hydrogen) atoms. The molecular weight excluding hydrogens is 671 g/mol. The molecule has 276 valence electrons. The van der Waals surface area contributed by atoms with Gasteiger partial charge in [0.05, 0.1) is 43.5 Å². The van der Waals surface area contributed by atoms with E-state index in [2.05, 4.69) is 20.8 Å². The number of anilines is 1. The Hall–Kier alpha value is -4.18. The van der Waals surface area contributed by atoms with Crippen LogP contribution in [0, 0.1) is 35.3 Å². The fourth-order valence-electron chi connectivity index (χ4n) is 8.54. The highest BCUT2D eigenvalue weighted by Crippen LogP contribution is 2.48. The van der Waals surface area contributed by atoms with Crippen molar-refractivity contribution < 1.29 is 32.9 Å². The number of pyridine rings is 1. The Kier molecular flexibility index (Phi) is 9.97. The minimum Gasteiger partial charge on any atom is -0.508 e. The van der Waals surface area contributed by atoms with Crippen LogP contribution in [0.1, 0.15) is 64.9 Å². The molecule has 3 aliphatic rings. The first-order valence-corrected chi connectivity index (χ1v) is 18.2. The fourth-order valence-corrected chi connectivity index (χ4v) is 8.54. The zero-order chi connectivity index (χ0) is 36.8. The Bertz CT molecular complexity index is 2020. The highest BCUT2D eigenvalue weighted by atomic mass is 19.1. The first-order chi connectivity index (χ1) is 24.9. The maximum absolute atomic E-state index is 17.0. The molecule has 2 aromatic heterocycles. The number of likely N-dealkylation sites (tertiary alicyclic amines) is 1. The molecule has 2 N–H and O–H groups in total. The number of rotatable bonds is 9. The summed E-state index contributed by atoms with van der Waals surface area (Å²) >= 11 is 0. The van der Waals surface area contributed by atoms with Crippen molar-refractivity contribution in [1.82, 2.24) is 19.9 Å². The summed E-state index contributed by atoms with van der Waals surface area (Å²) in [6, 6.07) is 5.68. The quantitative estimate of drug-likeness (QED) is 0.181. The summed E-state index contributed by atoms with van der Waals surface area (Å²) in [4.78, 5) is 18.3. The maximum Gasteiger partial charge on any atom is 0.319 e. The lowest BCUT2D eigenvalue weighted by atomic mass is 9.75. The van der Waals surface area contributed by atoms with Gasteiger partial charge in [-0.05, 0) is 88.5 Å². The van der Waals surface area contributed by atoms with Crippen molar-refractivity contribution in [2.45, 2.75) is 77.1 Å². The zero-order valence-corrected chi connectivity index (χ0v) is 30.0. The van der Waals surface area contributed by atoms with Gasteiger partial charge in [0.15, 0.2) is 5.82 Å². The maximum atomic E-state index is 17.0. The summed E-state index contributed by atoms with van der Waals surface area (Å²) in [5.74, 6) is 1.04. The number of phenols is 1. The summed E-state index contributed by atoms with van der Waals surface area (Å²) in [5, 5.41) is 22.6. The van der Waals surface area contributed by atoms with Gasteiger partial charge in [-0.3, -0.25) is 9.88 Å². The highest BCUT2D eigenvalue weighted by molar-refractivity contribution is 6.03. The van der Waals surface area contributed by atoms with Crippen LogP contribution in [0.4, 0.5) is 19.0 Å². The summed E-state index contributed by atoms with van der Waals surface area (Å²) in [6.07, 6.45) is 12.1. The Balaban J connectivity index is 1.30. The van der Waals surface area contributed by atoms with Gasteiger partial charge in [0, 0.05) is 35.1 Å². The predicted octanol–water partition coefficient (Wildman–Crippen LogP) is 6.80. The van der Waals surface area contributed by atoms with E-state index in [0.29, 0.717) is 31.0 Å². The second-order valence-electron chi connectivity index (χ2n) is 15.3. The van der Waals surface area contributed by atoms with Gasteiger partial charge in [-0.2, -0.15) is 9.97 Å². The Labute approximate surface area is 302 Å². The molecule has 9 nitrogen and oxygen atoms in total. The molecule has 0 amide bonds. The molecule has 1 saturated carbocycles. The van der Waals surface area contributed by atoms with E-state index in [1.807, 2.05) is 11.8 Å². The van der Waals surface area contributed by atoms with E-state index in [-0.39, 0.29) is 75.4 Å². The van der Waals surface area contributed by atoms with Gasteiger partial charge in [-0.15, -0.1) is 6.42 Å². The number of piperidine rings is 1. The molecule has 5 atom stereocenters. The molecule has 3 fully saturated rings. The van der Waals surface area contributed by atoms with E-state index in [1.54, 1.807) is 13.8 Å². The lowest BCUT2D eigenvalue weighted by Crippen LogP contribution is -2.52. The first-order valence-electron chi connectivity index (χ1n) is 18.2. The second-order valence-corrected chi connectivity index (χ2v) is 15.3. The van der Waals surface area contributed by atoms with Crippen LogP contribution in [-0.2, 0) is 4.74 Å². The number of aliphatic hydroxyl groups is 1. The molecule has 2 saturated heterocycles. The molecule has 4 heterocycles. The van der Waals surface area contributed by atoms with Crippen LogP contribution in [0.3, 0.4) is 0 Å². The predicted molar refractivity (Wildman–Crippen MR) is 194 cm³/mol. The minimum atomic E-state index is -1.21. The highest BCUT2D eigenvalue weighted by Gasteiger charge is 2.48. The molecule has 1 aliphatic carbocycles. The normalized spacial score (nSPS) is 25.1. The van der Waals surface area contributed by atoms with Crippen LogP contribution in [0.5, 0.6) is 11.8 Å². The summed E-state index contributed by atoms with van der Waals surface area (Å²) in [5.41, 5.74) is -1.58. The molecule has 2 aliphatic heterocycles. The lowest BCUT2D eigenvalue weighted by molar-refractivity contribution is -0.0123. The van der Waals surface area contributed by atoms with Crippen LogP contribution in [0.15, 0.2) is 30.5 Å². The van der Waals surface area contributed by atoms with Crippen molar-refractivity contribution in [1.29, 1.82) is 0 Å². The molecule has 0 spiro atoms. The topological polar surface area (TPSA) is 104 Å². The van der Waals surface area contributed by atoms with E-state index in [9.17, 15) is 19.0 Å². The summed E-state index contributed by atoms with van der Waals surface area (Å²) < 4.78 is 58.1. The van der Waals surface area contributed by atoms with Crippen molar-refractivity contribution in [3.8, 4) is 35.4 Å². The molecule has 0 radical (unpaired) electrons.